The van der Waals surface area contributed by atoms with E-state index >= 15 is 0 Å². The van der Waals surface area contributed by atoms with Crippen molar-refractivity contribution in [3.63, 3.8) is 0 Å². The minimum Gasteiger partial charge on any atom is -0.444 e. The van der Waals surface area contributed by atoms with Crippen LogP contribution >= 0.6 is 0 Å². The molecule has 0 spiro atoms. The predicted molar refractivity (Wildman–Crippen MR) is 143 cm³/mol. The standard InChI is InChI=1S/C23H29N7O3.2CH4.H2/c1-9-16-10-15(19-20(25-7)18(13(2)24)26-12-27-19)11-17(28-16)29-21(31)14(3)30(8)22(32)33-23(4,5)6;;;/h1,10-12,14,24-25H,2-8H3,(H,28,29,31);2*1H4;1H. The molecule has 0 saturated carbocycles. The lowest BCUT2D eigenvalue weighted by atomic mass is 10.1. The van der Waals surface area contributed by atoms with Gasteiger partial charge in [-0.25, -0.2) is 19.7 Å². The molecule has 10 nitrogen and oxygen atoms in total. The number of amides is 2. The van der Waals surface area contributed by atoms with E-state index in [9.17, 15) is 9.59 Å². The van der Waals surface area contributed by atoms with E-state index in [2.05, 4.69) is 31.5 Å². The van der Waals surface area contributed by atoms with E-state index in [1.165, 1.54) is 18.3 Å². The predicted octanol–water partition coefficient (Wildman–Crippen LogP) is 4.66. The van der Waals surface area contributed by atoms with Crippen LogP contribution in [0, 0.1) is 17.8 Å². The van der Waals surface area contributed by atoms with Gasteiger partial charge in [-0.3, -0.25) is 9.69 Å². The Morgan fingerprint density at radius 1 is 1.26 bits per heavy atom. The number of ether oxygens (including phenoxy) is 1. The van der Waals surface area contributed by atoms with E-state index in [0.29, 0.717) is 22.6 Å². The van der Waals surface area contributed by atoms with E-state index in [4.69, 9.17) is 16.6 Å². The van der Waals surface area contributed by atoms with Gasteiger partial charge in [0.25, 0.3) is 0 Å². The molecule has 10 heteroatoms. The molecule has 2 aromatic rings. The van der Waals surface area contributed by atoms with Crippen LogP contribution in [0.4, 0.5) is 16.3 Å². The van der Waals surface area contributed by atoms with Gasteiger partial charge in [-0.1, -0.05) is 20.8 Å². The number of anilines is 2. The molecule has 0 fully saturated rings. The molecule has 0 aliphatic carbocycles. The van der Waals surface area contributed by atoms with Gasteiger partial charge in [-0.15, -0.1) is 6.42 Å². The molecule has 2 rings (SSSR count). The van der Waals surface area contributed by atoms with E-state index in [1.807, 2.05) is 0 Å². The smallest absolute Gasteiger partial charge is 0.410 e. The van der Waals surface area contributed by atoms with Crippen LogP contribution in [0.2, 0.25) is 0 Å². The van der Waals surface area contributed by atoms with Gasteiger partial charge in [0.2, 0.25) is 5.91 Å². The molecule has 1 unspecified atom stereocenters. The van der Waals surface area contributed by atoms with Gasteiger partial charge in [-0.2, -0.15) is 0 Å². The van der Waals surface area contributed by atoms with Crippen molar-refractivity contribution in [1.82, 2.24) is 19.9 Å². The first-order valence-electron chi connectivity index (χ1n) is 10.2. The third-order valence-corrected chi connectivity index (χ3v) is 4.59. The van der Waals surface area contributed by atoms with Crippen LogP contribution in [0.15, 0.2) is 18.5 Å². The van der Waals surface area contributed by atoms with Gasteiger partial charge in [0.1, 0.15) is 35.2 Å². The first-order valence-corrected chi connectivity index (χ1v) is 10.2. The maximum absolute atomic E-state index is 12.8. The summed E-state index contributed by atoms with van der Waals surface area (Å²) in [5.74, 6) is 2.20. The molecular formula is C25H39N7O3. The molecule has 0 radical (unpaired) electrons. The van der Waals surface area contributed by atoms with Crippen molar-refractivity contribution in [3.8, 4) is 23.6 Å². The maximum Gasteiger partial charge on any atom is 0.410 e. The lowest BCUT2D eigenvalue weighted by Crippen LogP contribution is -2.45. The van der Waals surface area contributed by atoms with Crippen molar-refractivity contribution in [1.29, 1.82) is 5.41 Å². The third kappa shape index (κ3) is 7.78. The molecule has 0 aliphatic rings. The Morgan fingerprint density at radius 3 is 2.40 bits per heavy atom. The number of likely N-dealkylation sites (N-methyl/N-ethyl adjacent to an activating group) is 1. The Kier molecular flexibility index (Phi) is 11.0. The average molecular weight is 486 g/mol. The minimum atomic E-state index is -0.835. The Bertz CT molecular complexity index is 1120. The third-order valence-electron chi connectivity index (χ3n) is 4.59. The fraction of sp³-hybridized carbons (Fsp3) is 0.440. The van der Waals surface area contributed by atoms with Crippen LogP contribution in [0.5, 0.6) is 0 Å². The van der Waals surface area contributed by atoms with Crippen LogP contribution in [-0.4, -0.2) is 63.3 Å². The molecule has 0 aliphatic heterocycles. The lowest BCUT2D eigenvalue weighted by molar-refractivity contribution is -0.120. The highest BCUT2D eigenvalue weighted by molar-refractivity contribution is 6.02. The summed E-state index contributed by atoms with van der Waals surface area (Å²) in [6, 6.07) is 2.43. The Morgan fingerprint density at radius 2 is 1.89 bits per heavy atom. The van der Waals surface area contributed by atoms with E-state index in [1.54, 1.807) is 53.8 Å². The average Bonchev–Trinajstić information content (AvgIpc) is 2.75. The van der Waals surface area contributed by atoms with Crippen LogP contribution in [0.3, 0.4) is 0 Å². The number of pyridine rings is 1. The number of hydrogen-bond donors (Lipinski definition) is 3. The monoisotopic (exact) mass is 485 g/mol. The van der Waals surface area contributed by atoms with Crippen LogP contribution in [0.25, 0.3) is 11.3 Å². The summed E-state index contributed by atoms with van der Waals surface area (Å²) in [6.45, 7) is 8.45. The Hall–Kier alpha value is -4.00. The van der Waals surface area contributed by atoms with Crippen molar-refractivity contribution in [2.75, 3.05) is 24.7 Å². The fourth-order valence-corrected chi connectivity index (χ4v) is 2.83. The van der Waals surface area contributed by atoms with Gasteiger partial charge in [-0.05, 0) is 46.8 Å². The molecule has 2 heterocycles. The molecule has 0 aromatic carbocycles. The summed E-state index contributed by atoms with van der Waals surface area (Å²) in [5, 5.41) is 13.7. The van der Waals surface area contributed by atoms with E-state index in [-0.39, 0.29) is 33.5 Å². The number of hydrogen-bond acceptors (Lipinski definition) is 8. The van der Waals surface area contributed by atoms with Gasteiger partial charge < -0.3 is 20.8 Å². The maximum atomic E-state index is 12.8. The number of nitrogens with one attached hydrogen (secondary N) is 3. The number of carbonyl (C=O) groups is 2. The zero-order chi connectivity index (χ0) is 24.9. The molecule has 35 heavy (non-hydrogen) atoms. The summed E-state index contributed by atoms with van der Waals surface area (Å²) in [6.07, 6.45) is 6.31. The second kappa shape index (κ2) is 12.5. The normalized spacial score (nSPS) is 11.0. The highest BCUT2D eigenvalue weighted by Gasteiger charge is 2.27. The zero-order valence-corrected chi connectivity index (χ0v) is 19.9. The number of aromatic nitrogens is 3. The quantitative estimate of drug-likeness (QED) is 0.400. The number of rotatable bonds is 6. The first kappa shape index (κ1) is 31.0. The number of nitrogens with zero attached hydrogens (tertiary/aromatic N) is 4. The number of carbonyl (C=O) groups excluding carboxylic acids is 2. The number of terminal acetylenes is 1. The Balaban J connectivity index is 0. The van der Waals surface area contributed by atoms with Crippen LogP contribution in [-0.2, 0) is 9.53 Å². The van der Waals surface area contributed by atoms with E-state index in [0.717, 1.165) is 0 Å². The molecule has 1 atom stereocenters. The van der Waals surface area contributed by atoms with Crippen molar-refractivity contribution in [2.45, 2.75) is 61.1 Å². The summed E-state index contributed by atoms with van der Waals surface area (Å²) >= 11 is 0. The highest BCUT2D eigenvalue weighted by Crippen LogP contribution is 2.29. The molecular weight excluding hydrogens is 446 g/mol. The largest absolute Gasteiger partial charge is 0.444 e. The highest BCUT2D eigenvalue weighted by atomic mass is 16.6. The molecule has 192 valence electrons. The topological polar surface area (TPSA) is 133 Å². The van der Waals surface area contributed by atoms with Gasteiger partial charge in [0.15, 0.2) is 0 Å². The molecule has 2 amide bonds. The fourth-order valence-electron chi connectivity index (χ4n) is 2.83. The van der Waals surface area contributed by atoms with Crippen LogP contribution < -0.4 is 10.6 Å². The Labute approximate surface area is 209 Å². The molecule has 2 aromatic heterocycles. The first-order chi connectivity index (χ1) is 15.4. The van der Waals surface area contributed by atoms with Crippen LogP contribution in [0.1, 0.15) is 62.3 Å². The van der Waals surface area contributed by atoms with Crippen molar-refractivity contribution < 1.29 is 15.8 Å². The van der Waals surface area contributed by atoms with Gasteiger partial charge in [0.05, 0.1) is 17.1 Å². The van der Waals surface area contributed by atoms with Gasteiger partial charge >= 0.3 is 6.09 Å². The summed E-state index contributed by atoms with van der Waals surface area (Å²) in [4.78, 5) is 39.1. The summed E-state index contributed by atoms with van der Waals surface area (Å²) in [5.41, 5.74) is 1.94. The van der Waals surface area contributed by atoms with Crippen molar-refractivity contribution in [3.05, 3.63) is 29.8 Å². The molecule has 0 bridgehead atoms. The van der Waals surface area contributed by atoms with Crippen molar-refractivity contribution in [2.24, 2.45) is 0 Å². The zero-order valence-electron chi connectivity index (χ0n) is 19.9. The molecule has 0 saturated heterocycles. The lowest BCUT2D eigenvalue weighted by Gasteiger charge is -2.28. The van der Waals surface area contributed by atoms with Gasteiger partial charge in [0, 0.05) is 21.1 Å². The van der Waals surface area contributed by atoms with E-state index < -0.39 is 23.6 Å². The molecule has 3 N–H and O–H groups in total. The van der Waals surface area contributed by atoms with Crippen molar-refractivity contribution >= 4 is 29.2 Å². The SMILES string of the molecule is C.C.C#Cc1cc(-c2ncnc(C(C)=N)c2NC)cc(NC(=O)C(C)N(C)C(=O)OC(C)(C)C)n1.[HH]. The second-order valence-corrected chi connectivity index (χ2v) is 8.35. The second-order valence-electron chi connectivity index (χ2n) is 8.35. The minimum absolute atomic E-state index is 0. The summed E-state index contributed by atoms with van der Waals surface area (Å²) < 4.78 is 5.32. The summed E-state index contributed by atoms with van der Waals surface area (Å²) in [7, 11) is 3.19.